The van der Waals surface area contributed by atoms with Crippen molar-refractivity contribution in [3.05, 3.63) is 53.9 Å². The number of aromatic nitrogens is 2. The number of hydrogen-bond donors (Lipinski definition) is 0. The smallest absolute Gasteiger partial charge is 0.226 e. The first-order chi connectivity index (χ1) is 19.1. The van der Waals surface area contributed by atoms with Crippen LogP contribution < -0.4 is 9.64 Å². The molecule has 1 atom stereocenters. The fraction of sp³-hybridized carbons (Fsp3) is 0.548. The molecule has 0 N–H and O–H groups in total. The summed E-state index contributed by atoms with van der Waals surface area (Å²) in [4.78, 5) is 31.4. The average Bonchev–Trinajstić information content (AvgIpc) is 3.48. The lowest BCUT2D eigenvalue weighted by Gasteiger charge is -2.31. The number of carbonyl (C=O) groups excluding carboxylic acids is 1. The van der Waals surface area contributed by atoms with Crippen LogP contribution in [-0.4, -0.2) is 65.9 Å². The van der Waals surface area contributed by atoms with Crippen molar-refractivity contribution in [3.8, 4) is 5.75 Å². The number of carbonyl (C=O) groups is 1. The van der Waals surface area contributed by atoms with Gasteiger partial charge in [-0.15, -0.1) is 0 Å². The highest BCUT2D eigenvalue weighted by atomic mass is 16.6. The van der Waals surface area contributed by atoms with Gasteiger partial charge in [-0.05, 0) is 80.2 Å². The van der Waals surface area contributed by atoms with E-state index >= 15 is 0 Å². The number of nitrogens with zero attached hydrogens (tertiary/aromatic N) is 5. The second-order valence-corrected chi connectivity index (χ2v) is 10.8. The van der Waals surface area contributed by atoms with Gasteiger partial charge in [-0.25, -0.2) is 9.97 Å². The molecule has 2 aromatic rings. The van der Waals surface area contributed by atoms with Gasteiger partial charge in [0.15, 0.2) is 0 Å². The number of likely N-dealkylation sites (tertiary alicyclic amines) is 1. The number of benzene rings is 1. The van der Waals surface area contributed by atoms with Crippen molar-refractivity contribution in [2.24, 2.45) is 17.0 Å². The molecule has 5 rings (SSSR count). The average molecular weight is 532 g/mol. The van der Waals surface area contributed by atoms with Crippen LogP contribution in [-0.2, 0) is 16.1 Å². The van der Waals surface area contributed by atoms with Crippen molar-refractivity contribution in [2.75, 3.05) is 44.3 Å². The van der Waals surface area contributed by atoms with E-state index in [1.54, 1.807) is 0 Å². The number of amides is 1. The summed E-state index contributed by atoms with van der Waals surface area (Å²) >= 11 is 0. The zero-order chi connectivity index (χ0) is 27.0. The van der Waals surface area contributed by atoms with Crippen LogP contribution in [0, 0.1) is 11.8 Å². The number of anilines is 1. The zero-order valence-electron chi connectivity index (χ0n) is 23.3. The quantitative estimate of drug-likeness (QED) is 0.417. The molecule has 208 valence electrons. The Labute approximate surface area is 232 Å². The number of aryl methyl sites for hydroxylation is 1. The second kappa shape index (κ2) is 13.1. The Kier molecular flexibility index (Phi) is 9.12. The minimum absolute atomic E-state index is 0.0662. The third-order valence-corrected chi connectivity index (χ3v) is 8.15. The van der Waals surface area contributed by atoms with Crippen LogP contribution in [0.5, 0.6) is 5.75 Å². The zero-order valence-corrected chi connectivity index (χ0v) is 23.3. The molecule has 8 nitrogen and oxygen atoms in total. The largest absolute Gasteiger partial charge is 0.493 e. The third kappa shape index (κ3) is 6.97. The van der Waals surface area contributed by atoms with Crippen LogP contribution in [0.2, 0.25) is 0 Å². The highest BCUT2D eigenvalue weighted by molar-refractivity contribution is 5.93. The Morgan fingerprint density at radius 3 is 2.46 bits per heavy atom. The fourth-order valence-corrected chi connectivity index (χ4v) is 5.61. The van der Waals surface area contributed by atoms with Crippen molar-refractivity contribution >= 4 is 23.1 Å². The summed E-state index contributed by atoms with van der Waals surface area (Å²) in [6, 6.07) is 8.46. The van der Waals surface area contributed by atoms with E-state index in [1.807, 2.05) is 24.2 Å². The monoisotopic (exact) mass is 531 g/mol. The van der Waals surface area contributed by atoms with E-state index in [0.717, 1.165) is 88.6 Å². The summed E-state index contributed by atoms with van der Waals surface area (Å²) < 4.78 is 6.16. The fourth-order valence-electron chi connectivity index (χ4n) is 5.61. The van der Waals surface area contributed by atoms with Gasteiger partial charge in [-0.1, -0.05) is 30.3 Å². The van der Waals surface area contributed by atoms with Gasteiger partial charge in [0.25, 0.3) is 0 Å². The second-order valence-electron chi connectivity index (χ2n) is 10.8. The summed E-state index contributed by atoms with van der Waals surface area (Å²) in [7, 11) is 0. The van der Waals surface area contributed by atoms with E-state index in [0.29, 0.717) is 19.1 Å². The molecule has 0 saturated carbocycles. The van der Waals surface area contributed by atoms with Crippen LogP contribution in [0.1, 0.15) is 63.5 Å². The molecule has 1 aromatic heterocycles. The number of rotatable bonds is 9. The molecule has 8 heteroatoms. The van der Waals surface area contributed by atoms with E-state index in [2.05, 4.69) is 57.3 Å². The Bertz CT molecular complexity index is 1150. The van der Waals surface area contributed by atoms with E-state index in [4.69, 9.17) is 9.57 Å². The lowest BCUT2D eigenvalue weighted by molar-refractivity contribution is -0.134. The number of piperidine rings is 1. The molecular weight excluding hydrogens is 490 g/mol. The molecule has 0 bridgehead atoms. The molecule has 1 aromatic carbocycles. The van der Waals surface area contributed by atoms with Crippen LogP contribution in [0.3, 0.4) is 0 Å². The van der Waals surface area contributed by atoms with Gasteiger partial charge in [0.2, 0.25) is 11.9 Å². The molecule has 2 saturated heterocycles. The number of allylic oxidation sites excluding steroid dienone is 2. The number of hydrogen-bond acceptors (Lipinski definition) is 7. The molecule has 3 aliphatic rings. The van der Waals surface area contributed by atoms with Crippen molar-refractivity contribution < 1.29 is 14.4 Å². The van der Waals surface area contributed by atoms with Crippen LogP contribution in [0.15, 0.2) is 47.9 Å². The van der Waals surface area contributed by atoms with Gasteiger partial charge in [-0.2, -0.15) is 0 Å². The maximum Gasteiger partial charge on any atom is 0.226 e. The normalized spacial score (nSPS) is 21.2. The molecule has 1 amide bonds. The molecule has 2 aliphatic heterocycles. The van der Waals surface area contributed by atoms with E-state index < -0.39 is 0 Å². The van der Waals surface area contributed by atoms with Gasteiger partial charge < -0.3 is 19.4 Å². The van der Waals surface area contributed by atoms with Gasteiger partial charge in [0.05, 0.1) is 18.9 Å². The summed E-state index contributed by atoms with van der Waals surface area (Å²) in [5.41, 5.74) is 4.69. The summed E-state index contributed by atoms with van der Waals surface area (Å²) in [5.74, 6) is 2.62. The summed E-state index contributed by atoms with van der Waals surface area (Å²) in [6.45, 7) is 8.63. The molecule has 39 heavy (non-hydrogen) atoms. The maximum absolute atomic E-state index is 13.0. The number of ether oxygens (including phenoxy) is 1. The lowest BCUT2D eigenvalue weighted by Crippen LogP contribution is -2.36. The van der Waals surface area contributed by atoms with Crippen molar-refractivity contribution in [1.29, 1.82) is 0 Å². The first-order valence-electron chi connectivity index (χ1n) is 14.6. The Balaban J connectivity index is 1.05. The maximum atomic E-state index is 13.0. The van der Waals surface area contributed by atoms with E-state index in [9.17, 15) is 4.79 Å². The molecule has 1 unspecified atom stereocenters. The number of oxime groups is 1. The molecule has 1 aliphatic carbocycles. The Morgan fingerprint density at radius 1 is 1.03 bits per heavy atom. The van der Waals surface area contributed by atoms with Crippen LogP contribution in [0.25, 0.3) is 5.57 Å². The predicted octanol–water partition coefficient (Wildman–Crippen LogP) is 5.14. The predicted molar refractivity (Wildman–Crippen MR) is 154 cm³/mol. The molecule has 0 radical (unpaired) electrons. The standard InChI is InChI=1S/C31H41N5O3/c1-3-23-19-32-31(33-20-23)35-16-13-24(14-17-35)22-38-29-11-9-26(10-12-29)25-5-7-27(8-6-25)30(37)36-18-15-28(21-36)34-39-4-2/h5,9-12,19-20,24,27H,3-4,6-8,13-18,21-22H2,1-2H3/b34-28-. The third-order valence-electron chi connectivity index (χ3n) is 8.15. The lowest BCUT2D eigenvalue weighted by atomic mass is 9.86. The Hall–Kier alpha value is -3.42. The van der Waals surface area contributed by atoms with Gasteiger partial charge in [0.1, 0.15) is 12.4 Å². The van der Waals surface area contributed by atoms with Gasteiger partial charge in [-0.3, -0.25) is 4.79 Å². The summed E-state index contributed by atoms with van der Waals surface area (Å²) in [5, 5.41) is 4.13. The minimum Gasteiger partial charge on any atom is -0.493 e. The van der Waals surface area contributed by atoms with Crippen molar-refractivity contribution in [2.45, 2.75) is 58.8 Å². The first kappa shape index (κ1) is 27.2. The molecule has 0 spiro atoms. The highest BCUT2D eigenvalue weighted by Gasteiger charge is 2.30. The van der Waals surface area contributed by atoms with Crippen LogP contribution in [0.4, 0.5) is 5.95 Å². The van der Waals surface area contributed by atoms with Gasteiger partial charge in [0, 0.05) is 44.4 Å². The van der Waals surface area contributed by atoms with E-state index in [-0.39, 0.29) is 11.8 Å². The highest BCUT2D eigenvalue weighted by Crippen LogP contribution is 2.32. The van der Waals surface area contributed by atoms with Crippen LogP contribution >= 0.6 is 0 Å². The molecule has 3 heterocycles. The van der Waals surface area contributed by atoms with Crippen molar-refractivity contribution in [1.82, 2.24) is 14.9 Å². The topological polar surface area (TPSA) is 80.1 Å². The van der Waals surface area contributed by atoms with Crippen molar-refractivity contribution in [3.63, 3.8) is 0 Å². The molecular formula is C31H41N5O3. The SMILES string of the molecule is CCO/N=C1/CCN(C(=O)C2CC=C(c3ccc(OCC4CCN(c5ncc(CC)cn5)CC4)cc3)CC2)C1. The summed E-state index contributed by atoms with van der Waals surface area (Å²) in [6.07, 6.45) is 12.7. The minimum atomic E-state index is 0.0662. The molecule has 2 fully saturated rings. The first-order valence-corrected chi connectivity index (χ1v) is 14.6. The van der Waals surface area contributed by atoms with Gasteiger partial charge >= 0.3 is 0 Å². The Morgan fingerprint density at radius 2 is 1.79 bits per heavy atom. The van der Waals surface area contributed by atoms with E-state index in [1.165, 1.54) is 16.7 Å².